The van der Waals surface area contributed by atoms with Crippen molar-refractivity contribution < 1.29 is 4.39 Å². The Hall–Kier alpha value is -0.900. The van der Waals surface area contributed by atoms with Crippen LogP contribution in [0.1, 0.15) is 5.69 Å². The lowest BCUT2D eigenvalue weighted by Crippen LogP contribution is -1.96. The summed E-state index contributed by atoms with van der Waals surface area (Å²) in [5.74, 6) is 0.115. The van der Waals surface area contributed by atoms with Crippen LogP contribution in [0.5, 0.6) is 0 Å². The number of nitrogens with two attached hydrogens (primary N) is 1. The lowest BCUT2D eigenvalue weighted by molar-refractivity contribution is 0.475. The van der Waals surface area contributed by atoms with Gasteiger partial charge in [0.1, 0.15) is 23.8 Å². The minimum absolute atomic E-state index is 0.102. The molecule has 0 aromatic carbocycles. The summed E-state index contributed by atoms with van der Waals surface area (Å²) in [6.45, 7) is -0.717. The highest BCUT2D eigenvalue weighted by molar-refractivity contribution is 6.33. The van der Waals surface area contributed by atoms with Crippen LogP contribution in [0.4, 0.5) is 10.2 Å². The Kier molecular flexibility index (Phi) is 2.01. The molecule has 54 valence electrons. The molecule has 0 unspecified atom stereocenters. The summed E-state index contributed by atoms with van der Waals surface area (Å²) >= 11 is 5.50. The Morgan fingerprint density at radius 2 is 2.30 bits per heavy atom. The van der Waals surface area contributed by atoms with Gasteiger partial charge in [-0.2, -0.15) is 0 Å². The van der Waals surface area contributed by atoms with Gasteiger partial charge < -0.3 is 5.73 Å². The van der Waals surface area contributed by atoms with Crippen LogP contribution in [-0.2, 0) is 6.67 Å². The average Bonchev–Trinajstić information content (AvgIpc) is 1.95. The summed E-state index contributed by atoms with van der Waals surface area (Å²) < 4.78 is 11.9. The maximum absolute atomic E-state index is 11.9. The fraction of sp³-hybridized carbons (Fsp3) is 0.200. The standard InChI is InChI=1S/C5H5ClFN3/c6-4-3(1-7)9-2-10-5(4)8/h2H,1H2,(H2,8,9,10). The van der Waals surface area contributed by atoms with Crippen LogP contribution in [-0.4, -0.2) is 9.97 Å². The summed E-state index contributed by atoms with van der Waals surface area (Å²) in [5, 5.41) is 0.102. The van der Waals surface area contributed by atoms with E-state index < -0.39 is 6.67 Å². The average molecular weight is 162 g/mol. The molecule has 0 bridgehead atoms. The van der Waals surface area contributed by atoms with Gasteiger partial charge >= 0.3 is 0 Å². The molecule has 0 amide bonds. The number of nitrogens with zero attached hydrogens (tertiary/aromatic N) is 2. The zero-order valence-corrected chi connectivity index (χ0v) is 5.77. The van der Waals surface area contributed by atoms with Gasteiger partial charge in [0.2, 0.25) is 0 Å². The van der Waals surface area contributed by atoms with Gasteiger partial charge in [-0.15, -0.1) is 0 Å². The lowest BCUT2D eigenvalue weighted by atomic mass is 10.4. The normalized spacial score (nSPS) is 9.80. The van der Waals surface area contributed by atoms with Crippen LogP contribution in [0.25, 0.3) is 0 Å². The smallest absolute Gasteiger partial charge is 0.146 e. The Bertz CT molecular complexity index is 240. The van der Waals surface area contributed by atoms with Crippen molar-refractivity contribution in [2.24, 2.45) is 0 Å². The van der Waals surface area contributed by atoms with Crippen molar-refractivity contribution in [3.05, 3.63) is 17.0 Å². The predicted octanol–water partition coefficient (Wildman–Crippen LogP) is 1.18. The topological polar surface area (TPSA) is 51.8 Å². The molecule has 1 rings (SSSR count). The van der Waals surface area contributed by atoms with E-state index in [1.165, 1.54) is 6.33 Å². The molecule has 3 nitrogen and oxygen atoms in total. The van der Waals surface area contributed by atoms with Crippen molar-refractivity contribution in [2.75, 3.05) is 5.73 Å². The van der Waals surface area contributed by atoms with Gasteiger partial charge in [0, 0.05) is 0 Å². The van der Waals surface area contributed by atoms with Gasteiger partial charge in [0.25, 0.3) is 0 Å². The Labute approximate surface area is 62.0 Å². The van der Waals surface area contributed by atoms with E-state index in [9.17, 15) is 4.39 Å². The zero-order valence-electron chi connectivity index (χ0n) is 5.01. The molecule has 0 saturated heterocycles. The highest BCUT2D eigenvalue weighted by Gasteiger charge is 2.04. The van der Waals surface area contributed by atoms with Crippen LogP contribution in [0.2, 0.25) is 5.02 Å². The van der Waals surface area contributed by atoms with Gasteiger partial charge in [-0.05, 0) is 0 Å². The van der Waals surface area contributed by atoms with Crippen molar-refractivity contribution >= 4 is 17.4 Å². The first-order valence-electron chi connectivity index (χ1n) is 2.56. The molecule has 0 aliphatic heterocycles. The number of alkyl halides is 1. The van der Waals surface area contributed by atoms with E-state index in [1.807, 2.05) is 0 Å². The molecule has 0 fully saturated rings. The van der Waals surface area contributed by atoms with Crippen molar-refractivity contribution in [1.82, 2.24) is 9.97 Å². The third kappa shape index (κ3) is 1.16. The molecule has 0 spiro atoms. The second kappa shape index (κ2) is 2.79. The third-order valence-corrected chi connectivity index (χ3v) is 1.43. The van der Waals surface area contributed by atoms with Crippen LogP contribution in [0.3, 0.4) is 0 Å². The first-order chi connectivity index (χ1) is 4.75. The molecule has 0 saturated carbocycles. The lowest BCUT2D eigenvalue weighted by Gasteiger charge is -1.98. The van der Waals surface area contributed by atoms with Crippen LogP contribution in [0, 0.1) is 0 Å². The number of nitrogen functional groups attached to an aromatic ring is 1. The minimum atomic E-state index is -0.717. The molecule has 1 aromatic heterocycles. The van der Waals surface area contributed by atoms with Gasteiger partial charge in [-0.25, -0.2) is 14.4 Å². The largest absolute Gasteiger partial charge is 0.382 e. The molecule has 0 aliphatic rings. The number of rotatable bonds is 1. The second-order valence-corrected chi connectivity index (χ2v) is 2.03. The van der Waals surface area contributed by atoms with Crippen molar-refractivity contribution in [3.8, 4) is 0 Å². The van der Waals surface area contributed by atoms with E-state index in [0.717, 1.165) is 0 Å². The van der Waals surface area contributed by atoms with E-state index in [4.69, 9.17) is 17.3 Å². The summed E-state index contributed by atoms with van der Waals surface area (Å²) in [4.78, 5) is 7.11. The maximum Gasteiger partial charge on any atom is 0.146 e. The Balaban J connectivity index is 3.14. The predicted molar refractivity (Wildman–Crippen MR) is 36.3 cm³/mol. The Morgan fingerprint density at radius 1 is 1.60 bits per heavy atom. The molecule has 2 N–H and O–H groups in total. The monoisotopic (exact) mass is 161 g/mol. The van der Waals surface area contributed by atoms with Gasteiger partial charge in [-0.1, -0.05) is 11.6 Å². The van der Waals surface area contributed by atoms with Gasteiger partial charge in [0.15, 0.2) is 0 Å². The molecule has 0 aliphatic carbocycles. The molecular weight excluding hydrogens is 157 g/mol. The maximum atomic E-state index is 11.9. The van der Waals surface area contributed by atoms with E-state index in [0.29, 0.717) is 0 Å². The number of hydrogen-bond acceptors (Lipinski definition) is 3. The Morgan fingerprint density at radius 3 is 2.80 bits per heavy atom. The molecule has 0 radical (unpaired) electrons. The molecular formula is C5H5ClFN3. The fourth-order valence-electron chi connectivity index (χ4n) is 0.515. The van der Waals surface area contributed by atoms with E-state index in [-0.39, 0.29) is 16.5 Å². The van der Waals surface area contributed by atoms with Crippen molar-refractivity contribution in [2.45, 2.75) is 6.67 Å². The number of halogens is 2. The molecule has 1 aromatic rings. The van der Waals surface area contributed by atoms with Crippen LogP contribution >= 0.6 is 11.6 Å². The fourth-order valence-corrected chi connectivity index (χ4v) is 0.663. The highest BCUT2D eigenvalue weighted by atomic mass is 35.5. The first-order valence-corrected chi connectivity index (χ1v) is 2.94. The van der Waals surface area contributed by atoms with Crippen molar-refractivity contribution in [3.63, 3.8) is 0 Å². The van der Waals surface area contributed by atoms with Gasteiger partial charge in [0.05, 0.1) is 5.69 Å². The zero-order chi connectivity index (χ0) is 7.56. The summed E-state index contributed by atoms with van der Waals surface area (Å²) in [6, 6.07) is 0. The molecule has 5 heteroatoms. The summed E-state index contributed by atoms with van der Waals surface area (Å²) in [5.41, 5.74) is 5.38. The van der Waals surface area contributed by atoms with Crippen molar-refractivity contribution in [1.29, 1.82) is 0 Å². The number of anilines is 1. The molecule has 0 atom stereocenters. The summed E-state index contributed by atoms with van der Waals surface area (Å²) in [6.07, 6.45) is 1.18. The second-order valence-electron chi connectivity index (χ2n) is 1.65. The van der Waals surface area contributed by atoms with E-state index >= 15 is 0 Å². The van der Waals surface area contributed by atoms with Crippen LogP contribution < -0.4 is 5.73 Å². The highest BCUT2D eigenvalue weighted by Crippen LogP contribution is 2.18. The van der Waals surface area contributed by atoms with Gasteiger partial charge in [-0.3, -0.25) is 0 Å². The van der Waals surface area contributed by atoms with E-state index in [1.54, 1.807) is 0 Å². The third-order valence-electron chi connectivity index (χ3n) is 1.02. The first kappa shape index (κ1) is 7.21. The quantitative estimate of drug-likeness (QED) is 0.673. The molecule has 1 heterocycles. The molecule has 10 heavy (non-hydrogen) atoms. The summed E-state index contributed by atoms with van der Waals surface area (Å²) in [7, 11) is 0. The minimum Gasteiger partial charge on any atom is -0.382 e. The number of hydrogen-bond donors (Lipinski definition) is 1. The SMILES string of the molecule is Nc1ncnc(CF)c1Cl. The van der Waals surface area contributed by atoms with Crippen LogP contribution in [0.15, 0.2) is 6.33 Å². The van der Waals surface area contributed by atoms with E-state index in [2.05, 4.69) is 9.97 Å². The number of aromatic nitrogens is 2.